The molecule has 1 saturated carbocycles. The van der Waals surface area contributed by atoms with Gasteiger partial charge in [0, 0.05) is 5.69 Å². The lowest BCUT2D eigenvalue weighted by atomic mass is 9.88. The zero-order valence-electron chi connectivity index (χ0n) is 15.6. The molecule has 0 bridgehead atoms. The molecule has 0 aliphatic heterocycles. The van der Waals surface area contributed by atoms with Crippen molar-refractivity contribution in [2.24, 2.45) is 0 Å². The number of alkyl halides is 3. The highest BCUT2D eigenvalue weighted by Crippen LogP contribution is 2.39. The van der Waals surface area contributed by atoms with E-state index in [2.05, 4.69) is 10.6 Å². The number of rotatable bonds is 5. The monoisotopic (exact) mass is 408 g/mol. The number of benzene rings is 2. The van der Waals surface area contributed by atoms with Gasteiger partial charge in [0.05, 0.1) is 17.7 Å². The summed E-state index contributed by atoms with van der Waals surface area (Å²) in [6, 6.07) is 13.0. The van der Waals surface area contributed by atoms with E-state index < -0.39 is 11.7 Å². The minimum absolute atomic E-state index is 0.312. The molecule has 0 radical (unpaired) electrons. The molecule has 0 saturated heterocycles. The van der Waals surface area contributed by atoms with Gasteiger partial charge in [0.2, 0.25) is 0 Å². The van der Waals surface area contributed by atoms with Crippen molar-refractivity contribution in [3.05, 3.63) is 59.7 Å². The fraction of sp³-hybridized carbons (Fsp3) is 0.381. The maximum atomic E-state index is 12.9. The lowest BCUT2D eigenvalue weighted by Crippen LogP contribution is -2.45. The van der Waals surface area contributed by atoms with Crippen molar-refractivity contribution >= 4 is 23.0 Å². The first-order valence-corrected chi connectivity index (χ1v) is 9.73. The van der Waals surface area contributed by atoms with Crippen LogP contribution in [0.15, 0.2) is 48.5 Å². The number of halogens is 3. The summed E-state index contributed by atoms with van der Waals surface area (Å²) >= 11 is 5.42. The number of anilines is 1. The molecule has 7 heteroatoms. The summed E-state index contributed by atoms with van der Waals surface area (Å²) in [5, 5.41) is 6.58. The first kappa shape index (κ1) is 20.5. The number of hydrogen-bond acceptors (Lipinski definition) is 2. The molecular weight excluding hydrogens is 385 g/mol. The topological polar surface area (TPSA) is 33.3 Å². The Hall–Kier alpha value is -2.28. The zero-order valence-corrected chi connectivity index (χ0v) is 16.4. The average molecular weight is 408 g/mol. The quantitative estimate of drug-likeness (QED) is 0.607. The summed E-state index contributed by atoms with van der Waals surface area (Å²) in [6.07, 6.45) is -0.447. The summed E-state index contributed by atoms with van der Waals surface area (Å²) in [4.78, 5) is 0. The van der Waals surface area contributed by atoms with Crippen molar-refractivity contribution < 1.29 is 17.9 Å². The third kappa shape index (κ3) is 4.76. The summed E-state index contributed by atoms with van der Waals surface area (Å²) in [5.41, 5.74) is 0.382. The first-order chi connectivity index (χ1) is 13.3. The van der Waals surface area contributed by atoms with Gasteiger partial charge in [-0.2, -0.15) is 13.2 Å². The molecule has 0 unspecified atom stereocenters. The van der Waals surface area contributed by atoms with Crippen LogP contribution in [0.3, 0.4) is 0 Å². The third-order valence-electron chi connectivity index (χ3n) is 4.98. The van der Waals surface area contributed by atoms with Gasteiger partial charge in [0.1, 0.15) is 5.75 Å². The van der Waals surface area contributed by atoms with Gasteiger partial charge in [-0.15, -0.1) is 0 Å². The Morgan fingerprint density at radius 1 is 1.11 bits per heavy atom. The molecular formula is C21H23F3N2OS. The maximum absolute atomic E-state index is 12.9. The predicted octanol–water partition coefficient (Wildman–Crippen LogP) is 5.86. The van der Waals surface area contributed by atoms with Crippen LogP contribution in [0.5, 0.6) is 5.75 Å². The molecule has 2 N–H and O–H groups in total. The lowest BCUT2D eigenvalue weighted by Gasteiger charge is -2.32. The Morgan fingerprint density at radius 2 is 1.79 bits per heavy atom. The molecule has 2 aromatic carbocycles. The molecule has 1 aliphatic rings. The second kappa shape index (κ2) is 8.39. The van der Waals surface area contributed by atoms with Crippen molar-refractivity contribution in [3.8, 4) is 5.75 Å². The summed E-state index contributed by atoms with van der Waals surface area (Å²) in [7, 11) is 0. The van der Waals surface area contributed by atoms with Gasteiger partial charge in [-0.05, 0) is 67.9 Å². The molecule has 0 aromatic heterocycles. The maximum Gasteiger partial charge on any atom is 0.416 e. The third-order valence-corrected chi connectivity index (χ3v) is 5.18. The highest BCUT2D eigenvalue weighted by molar-refractivity contribution is 7.80. The minimum Gasteiger partial charge on any atom is -0.494 e. The Labute approximate surface area is 168 Å². The molecule has 0 atom stereocenters. The van der Waals surface area contributed by atoms with E-state index in [4.69, 9.17) is 17.0 Å². The second-order valence-electron chi connectivity index (χ2n) is 6.90. The highest BCUT2D eigenvalue weighted by atomic mass is 32.1. The summed E-state index contributed by atoms with van der Waals surface area (Å²) < 4.78 is 44.3. The van der Waals surface area contributed by atoms with Crippen LogP contribution in [-0.4, -0.2) is 11.7 Å². The number of nitrogens with one attached hydrogen (secondary N) is 2. The van der Waals surface area contributed by atoms with E-state index in [0.717, 1.165) is 49.1 Å². The molecule has 3 rings (SSSR count). The fourth-order valence-corrected chi connectivity index (χ4v) is 3.97. The molecule has 0 heterocycles. The van der Waals surface area contributed by atoms with Crippen LogP contribution in [0.25, 0.3) is 0 Å². The summed E-state index contributed by atoms with van der Waals surface area (Å²) in [5.74, 6) is 0.809. The van der Waals surface area contributed by atoms with Crippen molar-refractivity contribution in [2.75, 3.05) is 11.9 Å². The van der Waals surface area contributed by atoms with Crippen LogP contribution in [0.1, 0.15) is 43.7 Å². The molecule has 0 spiro atoms. The predicted molar refractivity (Wildman–Crippen MR) is 109 cm³/mol. The van der Waals surface area contributed by atoms with E-state index in [-0.39, 0.29) is 5.54 Å². The van der Waals surface area contributed by atoms with E-state index >= 15 is 0 Å². The van der Waals surface area contributed by atoms with E-state index in [9.17, 15) is 13.2 Å². The Kier molecular flexibility index (Phi) is 6.13. The van der Waals surface area contributed by atoms with Gasteiger partial charge in [0.15, 0.2) is 5.11 Å². The van der Waals surface area contributed by atoms with Gasteiger partial charge in [-0.25, -0.2) is 0 Å². The molecule has 3 nitrogen and oxygen atoms in total. The molecule has 2 aromatic rings. The molecule has 1 fully saturated rings. The second-order valence-corrected chi connectivity index (χ2v) is 7.31. The minimum atomic E-state index is -4.39. The Balaban J connectivity index is 1.75. The van der Waals surface area contributed by atoms with Crippen LogP contribution in [-0.2, 0) is 11.7 Å². The number of hydrogen-bond donors (Lipinski definition) is 2. The van der Waals surface area contributed by atoms with Crippen molar-refractivity contribution in [1.29, 1.82) is 0 Å². The van der Waals surface area contributed by atoms with Crippen LogP contribution < -0.4 is 15.4 Å². The largest absolute Gasteiger partial charge is 0.494 e. The van der Waals surface area contributed by atoms with E-state index in [1.807, 2.05) is 31.2 Å². The fourth-order valence-electron chi connectivity index (χ4n) is 3.65. The van der Waals surface area contributed by atoms with Crippen LogP contribution in [0.2, 0.25) is 0 Å². The van der Waals surface area contributed by atoms with Crippen molar-refractivity contribution in [3.63, 3.8) is 0 Å². The van der Waals surface area contributed by atoms with Crippen molar-refractivity contribution in [2.45, 2.75) is 44.3 Å². The average Bonchev–Trinajstić information content (AvgIpc) is 3.11. The van der Waals surface area contributed by atoms with E-state index in [0.29, 0.717) is 17.4 Å². The zero-order chi connectivity index (χ0) is 20.2. The lowest BCUT2D eigenvalue weighted by molar-refractivity contribution is -0.137. The van der Waals surface area contributed by atoms with Crippen LogP contribution in [0.4, 0.5) is 18.9 Å². The SMILES string of the molecule is CCOc1ccc(C2(NC(=S)Nc3cccc(C(F)(F)F)c3)CCCC2)cc1. The first-order valence-electron chi connectivity index (χ1n) is 9.32. The number of thiocarbonyl (C=S) groups is 1. The Morgan fingerprint density at radius 3 is 2.39 bits per heavy atom. The van der Waals surface area contributed by atoms with E-state index in [1.54, 1.807) is 6.07 Å². The normalized spacial score (nSPS) is 15.9. The van der Waals surface area contributed by atoms with Gasteiger partial charge in [0.25, 0.3) is 0 Å². The van der Waals surface area contributed by atoms with Gasteiger partial charge in [-0.3, -0.25) is 0 Å². The number of ether oxygens (including phenoxy) is 1. The Bertz CT molecular complexity index is 815. The van der Waals surface area contributed by atoms with Gasteiger partial charge >= 0.3 is 6.18 Å². The molecule has 28 heavy (non-hydrogen) atoms. The molecule has 150 valence electrons. The standard InChI is InChI=1S/C21H23F3N2OS/c1-2-27-18-10-8-15(9-11-18)20(12-3-4-13-20)26-19(28)25-17-7-5-6-16(14-17)21(22,23)24/h5-11,14H,2-4,12-13H2,1H3,(H2,25,26,28). The van der Waals surface area contributed by atoms with Crippen LogP contribution in [0, 0.1) is 0 Å². The molecule has 0 amide bonds. The van der Waals surface area contributed by atoms with Gasteiger partial charge < -0.3 is 15.4 Å². The smallest absolute Gasteiger partial charge is 0.416 e. The van der Waals surface area contributed by atoms with Gasteiger partial charge in [-0.1, -0.05) is 31.0 Å². The van der Waals surface area contributed by atoms with Crippen LogP contribution >= 0.6 is 12.2 Å². The van der Waals surface area contributed by atoms with E-state index in [1.165, 1.54) is 6.07 Å². The molecule has 1 aliphatic carbocycles. The van der Waals surface area contributed by atoms with Crippen molar-refractivity contribution in [1.82, 2.24) is 5.32 Å². The highest BCUT2D eigenvalue weighted by Gasteiger charge is 2.36. The summed E-state index contributed by atoms with van der Waals surface area (Å²) in [6.45, 7) is 2.54.